The summed E-state index contributed by atoms with van der Waals surface area (Å²) in [5, 5.41) is 12.6. The van der Waals surface area contributed by atoms with E-state index in [-0.39, 0.29) is 11.2 Å². The number of nitrogens with zero attached hydrogens (tertiary/aromatic N) is 3. The van der Waals surface area contributed by atoms with Gasteiger partial charge in [-0.2, -0.15) is 0 Å². The Labute approximate surface area is 213 Å². The zero-order valence-electron chi connectivity index (χ0n) is 20.4. The van der Waals surface area contributed by atoms with Crippen molar-refractivity contribution in [2.75, 3.05) is 25.1 Å². The molecule has 2 aliphatic heterocycles. The molecule has 1 saturated heterocycles. The molecule has 0 spiro atoms. The number of halogens is 2. The molecule has 2 aliphatic rings. The van der Waals surface area contributed by atoms with Gasteiger partial charge in [-0.15, -0.1) is 10.2 Å². The average Bonchev–Trinajstić information content (AvgIpc) is 2.89. The number of benzene rings is 2. The Morgan fingerprint density at radius 1 is 1.11 bits per heavy atom. The van der Waals surface area contributed by atoms with Crippen LogP contribution in [0.4, 0.5) is 10.2 Å². The van der Waals surface area contributed by atoms with Crippen molar-refractivity contribution in [1.82, 2.24) is 15.1 Å². The van der Waals surface area contributed by atoms with Gasteiger partial charge in [-0.05, 0) is 77.5 Å². The molecule has 35 heavy (non-hydrogen) atoms. The normalized spacial score (nSPS) is 17.2. The molecule has 0 aliphatic carbocycles. The average molecular weight is 491 g/mol. The summed E-state index contributed by atoms with van der Waals surface area (Å²) in [4.78, 5) is 2.66. The van der Waals surface area contributed by atoms with E-state index in [1.165, 1.54) is 34.9 Å². The molecule has 5 nitrogen and oxygen atoms in total. The second-order valence-corrected chi connectivity index (χ2v) is 10.5. The molecule has 0 saturated carbocycles. The van der Waals surface area contributed by atoms with Gasteiger partial charge in [0.2, 0.25) is 0 Å². The predicted octanol–water partition coefficient (Wildman–Crippen LogP) is 3.25. The van der Waals surface area contributed by atoms with E-state index < -0.39 is 0 Å². The van der Waals surface area contributed by atoms with Crippen molar-refractivity contribution in [3.05, 3.63) is 76.1 Å². The van der Waals surface area contributed by atoms with Crippen LogP contribution in [0.1, 0.15) is 29.5 Å². The summed E-state index contributed by atoms with van der Waals surface area (Å²) in [5.41, 5.74) is 5.23. The third-order valence-corrected chi connectivity index (χ3v) is 8.06. The molecule has 0 bridgehead atoms. The van der Waals surface area contributed by atoms with E-state index in [0.717, 1.165) is 45.6 Å². The van der Waals surface area contributed by atoms with Gasteiger partial charge in [0.25, 0.3) is 0 Å². The fraction of sp³-hybridized carbons (Fsp3) is 0.385. The standard InChI is InChI=1S/C26H30B2ClFN4O/c27-26(28,19-9-12-35-13-10-19)34-11-8-21-17(2-1-3-18(21)16-34)15-31-25-7-6-24(32-33-25)22-14-20(30)4-5-23(22)29/h1-7,14,19H,8-13,15-16,27-28H2,(H,31,33). The van der Waals surface area contributed by atoms with Crippen LogP contribution in [-0.2, 0) is 24.2 Å². The molecule has 1 N–H and O–H groups in total. The van der Waals surface area contributed by atoms with Crippen LogP contribution < -0.4 is 5.32 Å². The summed E-state index contributed by atoms with van der Waals surface area (Å²) in [7, 11) is 4.80. The van der Waals surface area contributed by atoms with Crippen LogP contribution in [0.3, 0.4) is 0 Å². The monoisotopic (exact) mass is 490 g/mol. The lowest BCUT2D eigenvalue weighted by Crippen LogP contribution is -2.57. The fourth-order valence-corrected chi connectivity index (χ4v) is 5.67. The van der Waals surface area contributed by atoms with Crippen LogP contribution >= 0.6 is 11.6 Å². The van der Waals surface area contributed by atoms with Crippen LogP contribution in [0.25, 0.3) is 11.3 Å². The summed E-state index contributed by atoms with van der Waals surface area (Å²) in [6, 6.07) is 14.5. The van der Waals surface area contributed by atoms with Gasteiger partial charge in [0.1, 0.15) is 27.3 Å². The van der Waals surface area contributed by atoms with E-state index in [4.69, 9.17) is 16.3 Å². The Hall–Kier alpha value is -2.41. The van der Waals surface area contributed by atoms with Gasteiger partial charge < -0.3 is 15.0 Å². The van der Waals surface area contributed by atoms with Crippen molar-refractivity contribution in [3.63, 3.8) is 0 Å². The lowest BCUT2D eigenvalue weighted by Gasteiger charge is -2.48. The number of ether oxygens (including phenoxy) is 1. The maximum absolute atomic E-state index is 13.6. The first kappa shape index (κ1) is 24.3. The van der Waals surface area contributed by atoms with Gasteiger partial charge in [-0.3, -0.25) is 0 Å². The van der Waals surface area contributed by atoms with Crippen molar-refractivity contribution in [2.24, 2.45) is 5.92 Å². The van der Waals surface area contributed by atoms with E-state index in [1.54, 1.807) is 0 Å². The molecule has 9 heteroatoms. The maximum atomic E-state index is 13.6. The molecule has 0 unspecified atom stereocenters. The minimum atomic E-state index is -0.350. The molecule has 0 atom stereocenters. The molecule has 1 fully saturated rings. The quantitative estimate of drug-likeness (QED) is 0.538. The van der Waals surface area contributed by atoms with Gasteiger partial charge >= 0.3 is 0 Å². The third-order valence-electron chi connectivity index (χ3n) is 7.73. The number of rotatable bonds is 6. The summed E-state index contributed by atoms with van der Waals surface area (Å²) in [5.74, 6) is 1.00. The summed E-state index contributed by atoms with van der Waals surface area (Å²) >= 11 is 6.20. The first-order valence-electron chi connectivity index (χ1n) is 12.4. The highest BCUT2D eigenvalue weighted by Gasteiger charge is 2.37. The van der Waals surface area contributed by atoms with Crippen molar-refractivity contribution < 1.29 is 9.13 Å². The SMILES string of the molecule is BC(B)(C1CCOCC1)N1CCc2c(CNc3ccc(-c4cc(F)ccc4Cl)nn3)cccc2C1. The Morgan fingerprint density at radius 3 is 2.71 bits per heavy atom. The number of nitrogens with one attached hydrogen (secondary N) is 1. The van der Waals surface area contributed by atoms with Gasteiger partial charge in [0.15, 0.2) is 0 Å². The number of hydrogen-bond acceptors (Lipinski definition) is 5. The topological polar surface area (TPSA) is 50.3 Å². The highest BCUT2D eigenvalue weighted by molar-refractivity contribution is 6.40. The summed E-state index contributed by atoms with van der Waals surface area (Å²) < 4.78 is 19.2. The zero-order chi connectivity index (χ0) is 24.4. The number of anilines is 1. The number of fused-ring (bicyclic) bond motifs is 1. The Kier molecular flexibility index (Phi) is 7.14. The van der Waals surface area contributed by atoms with Crippen LogP contribution in [0, 0.1) is 11.7 Å². The maximum Gasteiger partial charge on any atom is 0.148 e. The highest BCUT2D eigenvalue weighted by Crippen LogP contribution is 2.33. The molecule has 2 aromatic carbocycles. The molecule has 0 amide bonds. The van der Waals surface area contributed by atoms with E-state index in [2.05, 4.69) is 54.3 Å². The molecule has 3 heterocycles. The second-order valence-electron chi connectivity index (χ2n) is 10.0. The third kappa shape index (κ3) is 5.25. The number of aromatic nitrogens is 2. The Morgan fingerprint density at radius 2 is 1.94 bits per heavy atom. The van der Waals surface area contributed by atoms with Crippen LogP contribution in [0.15, 0.2) is 48.5 Å². The van der Waals surface area contributed by atoms with Gasteiger partial charge in [-0.1, -0.05) is 29.8 Å². The largest absolute Gasteiger partial charge is 0.381 e. The fourth-order valence-electron chi connectivity index (χ4n) is 5.46. The van der Waals surface area contributed by atoms with Gasteiger partial charge in [-0.25, -0.2) is 4.39 Å². The van der Waals surface area contributed by atoms with E-state index in [1.807, 2.05) is 12.1 Å². The van der Waals surface area contributed by atoms with E-state index >= 15 is 0 Å². The Bertz CT molecular complexity index is 1190. The van der Waals surface area contributed by atoms with Crippen molar-refractivity contribution in [2.45, 2.75) is 37.7 Å². The van der Waals surface area contributed by atoms with E-state index in [0.29, 0.717) is 34.6 Å². The molecule has 1 aromatic heterocycles. The van der Waals surface area contributed by atoms with Crippen LogP contribution in [0.5, 0.6) is 0 Å². The van der Waals surface area contributed by atoms with Crippen molar-refractivity contribution in [1.29, 1.82) is 0 Å². The van der Waals surface area contributed by atoms with Gasteiger partial charge in [0.05, 0.1) is 10.7 Å². The predicted molar refractivity (Wildman–Crippen MR) is 144 cm³/mol. The second kappa shape index (κ2) is 10.3. The summed E-state index contributed by atoms with van der Waals surface area (Å²) in [6.07, 6.45) is 3.33. The highest BCUT2D eigenvalue weighted by atomic mass is 35.5. The van der Waals surface area contributed by atoms with Gasteiger partial charge in [0, 0.05) is 38.4 Å². The molecule has 0 radical (unpaired) electrons. The Balaban J connectivity index is 1.26. The van der Waals surface area contributed by atoms with Crippen LogP contribution in [-0.4, -0.2) is 55.9 Å². The van der Waals surface area contributed by atoms with Crippen LogP contribution in [0.2, 0.25) is 5.02 Å². The molecule has 5 rings (SSSR count). The summed E-state index contributed by atoms with van der Waals surface area (Å²) in [6.45, 7) is 4.50. The lowest BCUT2D eigenvalue weighted by molar-refractivity contribution is 0.0307. The smallest absolute Gasteiger partial charge is 0.148 e. The first-order chi connectivity index (χ1) is 16.9. The van der Waals surface area contributed by atoms with E-state index in [9.17, 15) is 4.39 Å². The molecular weight excluding hydrogens is 460 g/mol. The van der Waals surface area contributed by atoms with Crippen molar-refractivity contribution in [3.8, 4) is 11.3 Å². The lowest BCUT2D eigenvalue weighted by atomic mass is 9.52. The first-order valence-corrected chi connectivity index (χ1v) is 12.7. The number of hydrogen-bond donors (Lipinski definition) is 1. The molecular formula is C26H30B2ClFN4O. The zero-order valence-corrected chi connectivity index (χ0v) is 21.1. The minimum absolute atomic E-state index is 0.164. The minimum Gasteiger partial charge on any atom is -0.381 e. The molecule has 180 valence electrons. The molecule has 3 aromatic rings. The van der Waals surface area contributed by atoms with Crippen molar-refractivity contribution >= 4 is 33.1 Å².